The first-order valence-corrected chi connectivity index (χ1v) is 13.3. The molecule has 1 aromatic carbocycles. The molecule has 1 saturated carbocycles. The summed E-state index contributed by atoms with van der Waals surface area (Å²) >= 11 is 0. The number of hydrogen-bond donors (Lipinski definition) is 1. The van der Waals surface area contributed by atoms with E-state index in [2.05, 4.69) is 9.88 Å². The van der Waals surface area contributed by atoms with E-state index in [-0.39, 0.29) is 7.52 Å². The van der Waals surface area contributed by atoms with Crippen LogP contribution in [0.2, 0.25) is 0 Å². The number of benzene rings is 1. The van der Waals surface area contributed by atoms with Gasteiger partial charge in [-0.3, -0.25) is 14.5 Å². The van der Waals surface area contributed by atoms with Crippen LogP contribution in [-0.4, -0.2) is 88.9 Å². The number of H-pyrrole nitrogens is 1. The van der Waals surface area contributed by atoms with Gasteiger partial charge >= 0.3 is 6.09 Å². The van der Waals surface area contributed by atoms with E-state index in [0.717, 1.165) is 36.8 Å². The lowest BCUT2D eigenvalue weighted by molar-refractivity contribution is -0.127. The second-order valence-electron chi connectivity index (χ2n) is 11.1. The largest absolute Gasteiger partial charge is 0.444 e. The van der Waals surface area contributed by atoms with Crippen LogP contribution in [0.4, 0.5) is 4.79 Å². The van der Waals surface area contributed by atoms with Gasteiger partial charge in [-0.15, -0.1) is 0 Å². The van der Waals surface area contributed by atoms with Crippen LogP contribution in [0.15, 0.2) is 30.5 Å². The maximum Gasteiger partial charge on any atom is 0.410 e. The maximum absolute atomic E-state index is 13.5. The quantitative estimate of drug-likeness (QED) is 0.447. The zero-order chi connectivity index (χ0) is 25.7. The first-order chi connectivity index (χ1) is 17.2. The van der Waals surface area contributed by atoms with Crippen LogP contribution in [0.3, 0.4) is 0 Å². The summed E-state index contributed by atoms with van der Waals surface area (Å²) in [6, 6.07) is 7.58. The van der Waals surface area contributed by atoms with Gasteiger partial charge in [-0.05, 0) is 45.6 Å². The predicted octanol–water partition coefficient (Wildman–Crippen LogP) is 4.56. The van der Waals surface area contributed by atoms with Crippen LogP contribution in [0.1, 0.15) is 64.7 Å². The number of aromatic nitrogens is 1. The highest BCUT2D eigenvalue weighted by atomic mass is 16.6. The molecule has 2 aromatic rings. The van der Waals surface area contributed by atoms with E-state index in [1.54, 1.807) is 16.0 Å². The van der Waals surface area contributed by atoms with Crippen LogP contribution < -0.4 is 0 Å². The summed E-state index contributed by atoms with van der Waals surface area (Å²) in [5, 5.41) is 0.784. The second-order valence-corrected chi connectivity index (χ2v) is 11.1. The molecule has 1 aliphatic carbocycles. The number of Topliss-reactive ketones (excluding diaryl/α,β-unsaturated/α-hetero) is 1. The lowest BCUT2D eigenvalue weighted by Gasteiger charge is -2.37. The Morgan fingerprint density at radius 3 is 2.44 bits per heavy atom. The molecule has 0 atom stereocenters. The number of aromatic amines is 1. The van der Waals surface area contributed by atoms with Crippen molar-refractivity contribution in [2.45, 2.75) is 58.5 Å². The van der Waals surface area contributed by atoms with Gasteiger partial charge in [0, 0.05) is 64.3 Å². The van der Waals surface area contributed by atoms with E-state index < -0.39 is 17.3 Å². The van der Waals surface area contributed by atoms with Crippen LogP contribution in [0.5, 0.6) is 0 Å². The van der Waals surface area contributed by atoms with E-state index >= 15 is 0 Å². The minimum absolute atomic E-state index is 0. The molecular weight excluding hydrogens is 456 g/mol. The molecule has 1 aliphatic heterocycles. The summed E-state index contributed by atoms with van der Waals surface area (Å²) in [6.45, 7) is 10.1. The molecule has 1 N–H and O–H groups in total. The zero-order valence-corrected chi connectivity index (χ0v) is 21.9. The van der Waals surface area contributed by atoms with Crippen molar-refractivity contribution in [2.24, 2.45) is 5.92 Å². The third-order valence-corrected chi connectivity index (χ3v) is 7.23. The molecule has 2 aliphatic rings. The van der Waals surface area contributed by atoms with E-state index in [0.29, 0.717) is 44.2 Å². The number of amides is 2. The number of para-hydroxylation sites is 1. The number of rotatable bonds is 7. The van der Waals surface area contributed by atoms with Crippen LogP contribution in [-0.2, 0) is 9.53 Å². The van der Waals surface area contributed by atoms with Gasteiger partial charge in [0.25, 0.3) is 11.7 Å². The van der Waals surface area contributed by atoms with Gasteiger partial charge in [-0.25, -0.2) is 4.79 Å². The highest BCUT2D eigenvalue weighted by molar-refractivity contribution is 6.44. The Kier molecular flexibility index (Phi) is 8.34. The topological polar surface area (TPSA) is 85.9 Å². The molecular formula is C28H42N4O4. The first kappa shape index (κ1) is 26.2. The number of ether oxygens (including phenoxy) is 1. The third kappa shape index (κ3) is 6.66. The van der Waals surface area contributed by atoms with Gasteiger partial charge in [-0.2, -0.15) is 0 Å². The average molecular weight is 499 g/mol. The Morgan fingerprint density at radius 2 is 1.75 bits per heavy atom. The van der Waals surface area contributed by atoms with Gasteiger partial charge in [0.2, 0.25) is 0 Å². The summed E-state index contributed by atoms with van der Waals surface area (Å²) in [5.74, 6) is -0.418. The first-order valence-electron chi connectivity index (χ1n) is 13.3. The summed E-state index contributed by atoms with van der Waals surface area (Å²) in [5.41, 5.74) is 0.788. The van der Waals surface area contributed by atoms with Gasteiger partial charge < -0.3 is 19.5 Å². The molecule has 2 heterocycles. The van der Waals surface area contributed by atoms with Gasteiger partial charge in [0.15, 0.2) is 0 Å². The normalized spacial score (nSPS) is 17.8. The van der Waals surface area contributed by atoms with E-state index in [1.165, 1.54) is 19.3 Å². The maximum atomic E-state index is 13.5. The SMILES string of the molecule is CC(C)(C)OC(=O)N1CCN(CCN(CC2CCCCC2)C(=O)C(=O)c2c[nH]c3ccccc23)CC1.[HH]. The zero-order valence-electron chi connectivity index (χ0n) is 21.9. The van der Waals surface area contributed by atoms with E-state index in [9.17, 15) is 14.4 Å². The van der Waals surface area contributed by atoms with Crippen LogP contribution >= 0.6 is 0 Å². The molecule has 1 saturated heterocycles. The lowest BCUT2D eigenvalue weighted by atomic mass is 9.89. The Balaban J connectivity index is 0.00000380. The minimum Gasteiger partial charge on any atom is -0.444 e. The highest BCUT2D eigenvalue weighted by Crippen LogP contribution is 2.25. The number of ketones is 1. The molecule has 0 bridgehead atoms. The molecule has 8 nitrogen and oxygen atoms in total. The fourth-order valence-electron chi connectivity index (χ4n) is 5.22. The van der Waals surface area contributed by atoms with E-state index in [4.69, 9.17) is 4.74 Å². The monoisotopic (exact) mass is 498 g/mol. The molecule has 36 heavy (non-hydrogen) atoms. The third-order valence-electron chi connectivity index (χ3n) is 7.23. The van der Waals surface area contributed by atoms with Gasteiger partial charge in [-0.1, -0.05) is 37.5 Å². The number of nitrogens with one attached hydrogen (secondary N) is 1. The molecule has 0 spiro atoms. The Bertz CT molecular complexity index is 1070. The second kappa shape index (κ2) is 11.5. The van der Waals surface area contributed by atoms with Crippen molar-refractivity contribution >= 4 is 28.7 Å². The van der Waals surface area contributed by atoms with Crippen molar-refractivity contribution in [1.29, 1.82) is 0 Å². The molecule has 2 fully saturated rings. The molecule has 1 aromatic heterocycles. The Labute approximate surface area is 215 Å². The number of piperazine rings is 1. The highest BCUT2D eigenvalue weighted by Gasteiger charge is 2.30. The lowest BCUT2D eigenvalue weighted by Crippen LogP contribution is -2.52. The van der Waals surface area contributed by atoms with Crippen LogP contribution in [0, 0.1) is 5.92 Å². The standard InChI is InChI=1S/C28H40N4O4.H2/c1-28(2,3)36-27(35)31-16-13-30(14-17-31)15-18-32(20-21-9-5-4-6-10-21)26(34)25(33)23-19-29-24-12-8-7-11-22(23)24;/h7-8,11-12,19,21,29H,4-6,9-10,13-18,20H2,1-3H3;1H. The van der Waals surface area contributed by atoms with Crippen molar-refractivity contribution < 1.29 is 20.5 Å². The minimum atomic E-state index is -0.508. The summed E-state index contributed by atoms with van der Waals surface area (Å²) in [7, 11) is 0. The molecule has 0 radical (unpaired) electrons. The molecule has 8 heteroatoms. The number of fused-ring (bicyclic) bond motifs is 1. The summed E-state index contributed by atoms with van der Waals surface area (Å²) in [4.78, 5) is 48.1. The molecule has 2 amide bonds. The van der Waals surface area contributed by atoms with Gasteiger partial charge in [0.05, 0.1) is 5.56 Å². The van der Waals surface area contributed by atoms with Crippen molar-refractivity contribution in [3.8, 4) is 0 Å². The molecule has 0 unspecified atom stereocenters. The predicted molar refractivity (Wildman–Crippen MR) is 142 cm³/mol. The number of hydrogen-bond acceptors (Lipinski definition) is 5. The summed E-state index contributed by atoms with van der Waals surface area (Å²) < 4.78 is 5.49. The molecule has 198 valence electrons. The van der Waals surface area contributed by atoms with Crippen molar-refractivity contribution in [2.75, 3.05) is 45.8 Å². The Hall–Kier alpha value is -2.87. The van der Waals surface area contributed by atoms with Crippen molar-refractivity contribution in [3.05, 3.63) is 36.0 Å². The van der Waals surface area contributed by atoms with E-state index in [1.807, 2.05) is 45.0 Å². The fraction of sp³-hybridized carbons (Fsp3) is 0.607. The number of nitrogens with zero attached hydrogens (tertiary/aromatic N) is 3. The van der Waals surface area contributed by atoms with Crippen LogP contribution in [0.25, 0.3) is 10.9 Å². The van der Waals surface area contributed by atoms with Gasteiger partial charge in [0.1, 0.15) is 5.60 Å². The molecule has 4 rings (SSSR count). The smallest absolute Gasteiger partial charge is 0.410 e. The average Bonchev–Trinajstić information content (AvgIpc) is 3.30. The number of carbonyl (C=O) groups excluding carboxylic acids is 3. The summed E-state index contributed by atoms with van der Waals surface area (Å²) in [6.07, 6.45) is 7.23. The van der Waals surface area contributed by atoms with Crippen molar-refractivity contribution in [3.63, 3.8) is 0 Å². The van der Waals surface area contributed by atoms with Crippen molar-refractivity contribution in [1.82, 2.24) is 19.7 Å². The fourth-order valence-corrected chi connectivity index (χ4v) is 5.22. The Morgan fingerprint density at radius 1 is 1.06 bits per heavy atom. The number of carbonyl (C=O) groups is 3.